The van der Waals surface area contributed by atoms with Crippen LogP contribution in [0.15, 0.2) is 41.5 Å². The smallest absolute Gasteiger partial charge is 0.337 e. The lowest BCUT2D eigenvalue weighted by molar-refractivity contribution is 0.184. The molecule has 2 aromatic rings. The lowest BCUT2D eigenvalue weighted by atomic mass is 9.93. The molecule has 0 fully saturated rings. The number of amides is 2. The number of fused-ring (bicyclic) bond motifs is 1. The Morgan fingerprint density at radius 1 is 1.19 bits per heavy atom. The molecule has 2 amide bonds. The van der Waals surface area contributed by atoms with Gasteiger partial charge in [0, 0.05) is 23.9 Å². The van der Waals surface area contributed by atoms with Gasteiger partial charge in [-0.05, 0) is 37.1 Å². The number of carbonyl (C=O) groups excluding carboxylic acids is 1. The van der Waals surface area contributed by atoms with E-state index in [0.717, 1.165) is 16.7 Å². The Labute approximate surface area is 158 Å². The summed E-state index contributed by atoms with van der Waals surface area (Å²) in [6.45, 7) is 1.95. The summed E-state index contributed by atoms with van der Waals surface area (Å²) in [7, 11) is 4.78. The van der Waals surface area contributed by atoms with E-state index in [1.807, 2.05) is 43.3 Å². The Morgan fingerprint density at radius 2 is 1.85 bits per heavy atom. The van der Waals surface area contributed by atoms with E-state index in [2.05, 4.69) is 5.32 Å². The van der Waals surface area contributed by atoms with Gasteiger partial charge in [-0.3, -0.25) is 0 Å². The van der Waals surface area contributed by atoms with Crippen molar-refractivity contribution < 1.29 is 14.3 Å². The third-order valence-electron chi connectivity index (χ3n) is 4.64. The zero-order chi connectivity index (χ0) is 19.6. The number of carbonyl (C=O) groups is 1. The van der Waals surface area contributed by atoms with Crippen molar-refractivity contribution in [2.24, 2.45) is 5.10 Å². The minimum Gasteiger partial charge on any atom is -0.493 e. The van der Waals surface area contributed by atoms with E-state index in [4.69, 9.17) is 20.3 Å². The predicted molar refractivity (Wildman–Crippen MR) is 106 cm³/mol. The number of benzene rings is 2. The minimum absolute atomic E-state index is 0.149. The molecular formula is C20H24N4O3. The molecular weight excluding hydrogens is 344 g/mol. The molecule has 1 unspecified atom stereocenters. The van der Waals surface area contributed by atoms with Crippen molar-refractivity contribution >= 4 is 17.4 Å². The second-order valence-electron chi connectivity index (χ2n) is 6.35. The van der Waals surface area contributed by atoms with Crippen molar-refractivity contribution in [1.82, 2.24) is 10.3 Å². The summed E-state index contributed by atoms with van der Waals surface area (Å²) < 4.78 is 10.9. The fourth-order valence-corrected chi connectivity index (χ4v) is 3.25. The first-order chi connectivity index (χ1) is 13.0. The molecule has 1 aliphatic heterocycles. The quantitative estimate of drug-likeness (QED) is 0.815. The van der Waals surface area contributed by atoms with Crippen LogP contribution in [0.5, 0.6) is 11.5 Å². The molecule has 0 saturated heterocycles. The molecule has 2 aromatic carbocycles. The molecule has 0 spiro atoms. The highest BCUT2D eigenvalue weighted by Crippen LogP contribution is 2.35. The van der Waals surface area contributed by atoms with E-state index < -0.39 is 0 Å². The van der Waals surface area contributed by atoms with Crippen molar-refractivity contribution in [1.29, 1.82) is 0 Å². The number of rotatable bonds is 3. The number of nitrogens with two attached hydrogens (primary N) is 1. The van der Waals surface area contributed by atoms with Crippen molar-refractivity contribution in [3.05, 3.63) is 53.1 Å². The van der Waals surface area contributed by atoms with Gasteiger partial charge in [-0.1, -0.05) is 18.2 Å². The van der Waals surface area contributed by atoms with Crippen LogP contribution in [-0.2, 0) is 6.42 Å². The van der Waals surface area contributed by atoms with Crippen molar-refractivity contribution in [2.45, 2.75) is 19.4 Å². The molecule has 1 aliphatic rings. The monoisotopic (exact) mass is 368 g/mol. The molecule has 3 N–H and O–H groups in total. The number of anilines is 1. The molecule has 27 heavy (non-hydrogen) atoms. The minimum atomic E-state index is -0.277. The molecule has 7 nitrogen and oxygen atoms in total. The van der Waals surface area contributed by atoms with Crippen molar-refractivity contribution in [2.75, 3.05) is 27.0 Å². The number of nitrogens with zero attached hydrogens (tertiary/aromatic N) is 2. The zero-order valence-corrected chi connectivity index (χ0v) is 15.9. The number of hydrogen-bond acceptors (Lipinski definition) is 5. The van der Waals surface area contributed by atoms with E-state index >= 15 is 0 Å². The number of hydrogen-bond donors (Lipinski definition) is 2. The van der Waals surface area contributed by atoms with Gasteiger partial charge in [0.15, 0.2) is 11.5 Å². The number of nitrogen functional groups attached to an aromatic ring is 1. The van der Waals surface area contributed by atoms with Gasteiger partial charge in [0.25, 0.3) is 0 Å². The topological polar surface area (TPSA) is 89.2 Å². The summed E-state index contributed by atoms with van der Waals surface area (Å²) in [5.74, 6) is 1.23. The Bertz CT molecular complexity index is 895. The van der Waals surface area contributed by atoms with E-state index in [0.29, 0.717) is 29.3 Å². The summed E-state index contributed by atoms with van der Waals surface area (Å²) in [6.07, 6.45) is 0.614. The lowest BCUT2D eigenvalue weighted by Crippen LogP contribution is -2.41. The summed E-state index contributed by atoms with van der Waals surface area (Å²) >= 11 is 0. The Balaban J connectivity index is 2.28. The lowest BCUT2D eigenvalue weighted by Gasteiger charge is -2.22. The van der Waals surface area contributed by atoms with Crippen LogP contribution in [0.4, 0.5) is 10.5 Å². The predicted octanol–water partition coefficient (Wildman–Crippen LogP) is 2.62. The highest BCUT2D eigenvalue weighted by molar-refractivity contribution is 6.17. The van der Waals surface area contributed by atoms with Crippen LogP contribution in [0.3, 0.4) is 0 Å². The summed E-state index contributed by atoms with van der Waals surface area (Å²) in [5.41, 5.74) is 10.1. The van der Waals surface area contributed by atoms with Gasteiger partial charge in [0.2, 0.25) is 0 Å². The molecule has 1 atom stereocenters. The molecule has 0 aliphatic carbocycles. The summed E-state index contributed by atoms with van der Waals surface area (Å²) in [6, 6.07) is 10.9. The third-order valence-corrected chi connectivity index (χ3v) is 4.64. The first-order valence-corrected chi connectivity index (χ1v) is 8.69. The Morgan fingerprint density at radius 3 is 2.48 bits per heavy atom. The Kier molecular flexibility index (Phi) is 5.21. The van der Waals surface area contributed by atoms with Crippen LogP contribution in [0.25, 0.3) is 0 Å². The van der Waals surface area contributed by atoms with Gasteiger partial charge in [-0.15, -0.1) is 0 Å². The first kappa shape index (κ1) is 18.6. The molecule has 7 heteroatoms. The van der Waals surface area contributed by atoms with Crippen molar-refractivity contribution in [3.8, 4) is 11.5 Å². The fraction of sp³-hybridized carbons (Fsp3) is 0.300. The van der Waals surface area contributed by atoms with Gasteiger partial charge in [-0.2, -0.15) is 5.10 Å². The average molecular weight is 368 g/mol. The SMILES string of the molecule is CNC(=O)N1N=C(c2ccccc2N)c2cc(OC)c(OC)cc2CC1C. The maximum atomic E-state index is 12.4. The zero-order valence-electron chi connectivity index (χ0n) is 15.9. The summed E-state index contributed by atoms with van der Waals surface area (Å²) in [4.78, 5) is 12.4. The molecule has 0 saturated carbocycles. The van der Waals surface area contributed by atoms with Crippen LogP contribution in [0.2, 0.25) is 0 Å². The second kappa shape index (κ2) is 7.57. The van der Waals surface area contributed by atoms with Gasteiger partial charge in [0.05, 0.1) is 20.3 Å². The molecule has 1 heterocycles. The van der Waals surface area contributed by atoms with Crippen LogP contribution in [0, 0.1) is 0 Å². The van der Waals surface area contributed by atoms with Gasteiger partial charge >= 0.3 is 6.03 Å². The van der Waals surface area contributed by atoms with Crippen LogP contribution < -0.4 is 20.5 Å². The molecule has 0 radical (unpaired) electrons. The average Bonchev–Trinajstić information content (AvgIpc) is 2.82. The maximum absolute atomic E-state index is 12.4. The summed E-state index contributed by atoms with van der Waals surface area (Å²) in [5, 5.41) is 8.80. The number of nitrogens with one attached hydrogen (secondary N) is 1. The molecule has 0 bridgehead atoms. The number of methoxy groups -OCH3 is 2. The van der Waals surface area contributed by atoms with Gasteiger partial charge in [-0.25, -0.2) is 9.80 Å². The number of para-hydroxylation sites is 1. The second-order valence-corrected chi connectivity index (χ2v) is 6.35. The van der Waals surface area contributed by atoms with Crippen LogP contribution in [0.1, 0.15) is 23.6 Å². The van der Waals surface area contributed by atoms with E-state index in [1.165, 1.54) is 5.01 Å². The molecule has 3 rings (SSSR count). The van der Waals surface area contributed by atoms with Gasteiger partial charge < -0.3 is 20.5 Å². The van der Waals surface area contributed by atoms with E-state index in [9.17, 15) is 4.79 Å². The van der Waals surface area contributed by atoms with Crippen LogP contribution in [-0.4, -0.2) is 44.1 Å². The third kappa shape index (κ3) is 3.40. The normalized spacial score (nSPS) is 16.1. The van der Waals surface area contributed by atoms with E-state index in [1.54, 1.807) is 21.3 Å². The van der Waals surface area contributed by atoms with Crippen LogP contribution >= 0.6 is 0 Å². The standard InChI is InChI=1S/C20H24N4O3/c1-12-9-13-10-17(26-3)18(27-4)11-15(13)19(23-24(12)20(25)22-2)14-7-5-6-8-16(14)21/h5-8,10-12H,9,21H2,1-4H3,(H,22,25). The molecule has 0 aromatic heterocycles. The fourth-order valence-electron chi connectivity index (χ4n) is 3.25. The largest absolute Gasteiger partial charge is 0.493 e. The van der Waals surface area contributed by atoms with E-state index in [-0.39, 0.29) is 12.1 Å². The first-order valence-electron chi connectivity index (χ1n) is 8.69. The number of urea groups is 1. The number of ether oxygens (including phenoxy) is 2. The highest BCUT2D eigenvalue weighted by atomic mass is 16.5. The number of hydrazone groups is 1. The maximum Gasteiger partial charge on any atom is 0.337 e. The Hall–Kier alpha value is -3.22. The van der Waals surface area contributed by atoms with Gasteiger partial charge in [0.1, 0.15) is 5.71 Å². The highest BCUT2D eigenvalue weighted by Gasteiger charge is 2.28. The van der Waals surface area contributed by atoms with Crippen molar-refractivity contribution in [3.63, 3.8) is 0 Å². The molecule has 142 valence electrons.